The van der Waals surface area contributed by atoms with E-state index in [4.69, 9.17) is 24.2 Å². The lowest BCUT2D eigenvalue weighted by Crippen LogP contribution is -2.57. The molecular formula is C30H40N4O7. The fraction of sp³-hybridized carbons (Fsp3) is 0.633. The molecule has 0 radical (unpaired) electrons. The maximum Gasteiger partial charge on any atom is 0.408 e. The van der Waals surface area contributed by atoms with E-state index in [2.05, 4.69) is 5.32 Å². The number of carbonyl (C=O) groups excluding carboxylic acids is 2. The lowest BCUT2D eigenvalue weighted by Gasteiger charge is -2.34. The summed E-state index contributed by atoms with van der Waals surface area (Å²) in [5, 5.41) is 12.9. The third kappa shape index (κ3) is 6.18. The molecule has 11 heteroatoms. The highest BCUT2D eigenvalue weighted by molar-refractivity contribution is 5.90. The van der Waals surface area contributed by atoms with Crippen molar-refractivity contribution >= 4 is 29.0 Å². The van der Waals surface area contributed by atoms with E-state index in [9.17, 15) is 19.5 Å². The molecule has 3 heterocycles. The van der Waals surface area contributed by atoms with E-state index in [1.807, 2.05) is 32.9 Å². The molecular weight excluding hydrogens is 528 g/mol. The molecule has 5 rings (SSSR count). The average molecular weight is 569 g/mol. The number of alkyl carbamates (subject to hydrolysis) is 1. The van der Waals surface area contributed by atoms with Gasteiger partial charge in [-0.25, -0.2) is 19.6 Å². The SMILES string of the molecule is COc1ccc2nc3c(nc2c1)OC1CN(C(=O)C(C(C)(C)C)NC(=O)OC2CC2CCCCC3)C(C(=O)O)C1C. The number of nitrogens with one attached hydrogen (secondary N) is 1. The minimum atomic E-state index is -1.14. The van der Waals surface area contributed by atoms with Crippen molar-refractivity contribution in [3.63, 3.8) is 0 Å². The van der Waals surface area contributed by atoms with E-state index in [-0.39, 0.29) is 12.6 Å². The first-order valence-corrected chi connectivity index (χ1v) is 14.5. The van der Waals surface area contributed by atoms with Crippen LogP contribution < -0.4 is 14.8 Å². The Morgan fingerprint density at radius 1 is 1.10 bits per heavy atom. The van der Waals surface area contributed by atoms with Gasteiger partial charge in [-0.15, -0.1) is 0 Å². The van der Waals surface area contributed by atoms with Crippen LogP contribution in [0.25, 0.3) is 11.0 Å². The Bertz CT molecular complexity index is 1330. The smallest absolute Gasteiger partial charge is 0.408 e. The number of aromatic nitrogens is 2. The van der Waals surface area contributed by atoms with Gasteiger partial charge in [0, 0.05) is 12.0 Å². The second-order valence-electron chi connectivity index (χ2n) is 12.6. The molecule has 2 fully saturated rings. The Kier molecular flexibility index (Phi) is 7.98. The van der Waals surface area contributed by atoms with Crippen LogP contribution >= 0.6 is 0 Å². The molecule has 222 valence electrons. The fourth-order valence-corrected chi connectivity index (χ4v) is 5.92. The highest BCUT2D eigenvalue weighted by Gasteiger charge is 2.51. The van der Waals surface area contributed by atoms with Crippen molar-refractivity contribution in [2.45, 2.75) is 90.5 Å². The second-order valence-corrected chi connectivity index (χ2v) is 12.6. The monoisotopic (exact) mass is 568 g/mol. The number of hydrogen-bond acceptors (Lipinski definition) is 8. The van der Waals surface area contributed by atoms with Gasteiger partial charge in [-0.3, -0.25) is 4.79 Å². The van der Waals surface area contributed by atoms with Gasteiger partial charge >= 0.3 is 12.1 Å². The number of methoxy groups -OCH3 is 1. The van der Waals surface area contributed by atoms with Crippen LogP contribution in [0.5, 0.6) is 11.6 Å². The molecule has 1 saturated carbocycles. The molecule has 0 spiro atoms. The number of carboxylic acids is 1. The number of nitrogens with zero attached hydrogens (tertiary/aromatic N) is 3. The maximum absolute atomic E-state index is 13.9. The molecule has 1 saturated heterocycles. The van der Waals surface area contributed by atoms with E-state index >= 15 is 0 Å². The zero-order valence-corrected chi connectivity index (χ0v) is 24.4. The van der Waals surface area contributed by atoms with Gasteiger partial charge in [0.05, 0.1) is 24.7 Å². The zero-order chi connectivity index (χ0) is 29.5. The number of fused-ring (bicyclic) bond motifs is 5. The quantitative estimate of drug-likeness (QED) is 0.551. The maximum atomic E-state index is 13.9. The molecule has 2 N–H and O–H groups in total. The molecule has 2 bridgehead atoms. The van der Waals surface area contributed by atoms with Crippen LogP contribution in [0.4, 0.5) is 4.79 Å². The second kappa shape index (κ2) is 11.3. The van der Waals surface area contributed by atoms with Crippen molar-refractivity contribution in [2.24, 2.45) is 17.3 Å². The Labute approximate surface area is 239 Å². The van der Waals surface area contributed by atoms with E-state index in [0.29, 0.717) is 35.2 Å². The summed E-state index contributed by atoms with van der Waals surface area (Å²) in [5.41, 5.74) is 1.34. The molecule has 41 heavy (non-hydrogen) atoms. The number of hydrogen-bond donors (Lipinski definition) is 2. The summed E-state index contributed by atoms with van der Waals surface area (Å²) in [6.07, 6.45) is 3.82. The average Bonchev–Trinajstić information content (AvgIpc) is 3.56. The number of carbonyl (C=O) groups is 3. The van der Waals surface area contributed by atoms with Crippen LogP contribution in [0.1, 0.15) is 65.5 Å². The van der Waals surface area contributed by atoms with E-state index in [0.717, 1.165) is 37.6 Å². The summed E-state index contributed by atoms with van der Waals surface area (Å²) in [4.78, 5) is 50.2. The molecule has 6 unspecified atom stereocenters. The van der Waals surface area contributed by atoms with Crippen LogP contribution in [0.3, 0.4) is 0 Å². The Morgan fingerprint density at radius 3 is 2.59 bits per heavy atom. The predicted molar refractivity (Wildman–Crippen MR) is 150 cm³/mol. The van der Waals surface area contributed by atoms with Crippen LogP contribution in [0, 0.1) is 17.3 Å². The van der Waals surface area contributed by atoms with Crippen LogP contribution in [0.15, 0.2) is 18.2 Å². The van der Waals surface area contributed by atoms with Crippen LogP contribution in [0.2, 0.25) is 0 Å². The first kappa shape index (κ1) is 28.9. The van der Waals surface area contributed by atoms with Crippen molar-refractivity contribution in [3.8, 4) is 11.6 Å². The van der Waals surface area contributed by atoms with Crippen molar-refractivity contribution in [1.29, 1.82) is 0 Å². The van der Waals surface area contributed by atoms with Gasteiger partial charge in [0.15, 0.2) is 0 Å². The van der Waals surface area contributed by atoms with E-state index in [1.54, 1.807) is 20.1 Å². The zero-order valence-electron chi connectivity index (χ0n) is 24.4. The molecule has 1 aromatic heterocycles. The first-order chi connectivity index (χ1) is 19.5. The number of amides is 2. The third-order valence-corrected chi connectivity index (χ3v) is 8.48. The predicted octanol–water partition coefficient (Wildman–Crippen LogP) is 3.96. The molecule has 1 aromatic carbocycles. The van der Waals surface area contributed by atoms with Crippen molar-refractivity contribution in [3.05, 3.63) is 23.9 Å². The van der Waals surface area contributed by atoms with Crippen molar-refractivity contribution < 1.29 is 33.7 Å². The standard InChI is InChI=1S/C30H40N4O7/c1-16-23-15-34(24(16)28(36)37)27(35)25(30(2,3)4)33-29(38)41-22-13-17(22)9-7-6-8-10-20-26(40-23)32-21-14-18(39-5)11-12-19(21)31-20/h11-12,14,16-17,22-25H,6-10,13,15H2,1-5H3,(H,33,38)(H,36,37). The summed E-state index contributed by atoms with van der Waals surface area (Å²) in [6.45, 7) is 7.28. The first-order valence-electron chi connectivity index (χ1n) is 14.5. The minimum absolute atomic E-state index is 0.0300. The third-order valence-electron chi connectivity index (χ3n) is 8.48. The molecule has 2 aromatic rings. The summed E-state index contributed by atoms with van der Waals surface area (Å²) in [7, 11) is 1.58. The topological polar surface area (TPSA) is 140 Å². The van der Waals surface area contributed by atoms with Gasteiger partial charge in [0.2, 0.25) is 11.8 Å². The van der Waals surface area contributed by atoms with Gasteiger partial charge in [0.25, 0.3) is 0 Å². The Morgan fingerprint density at radius 2 is 1.88 bits per heavy atom. The highest BCUT2D eigenvalue weighted by Crippen LogP contribution is 2.39. The summed E-state index contributed by atoms with van der Waals surface area (Å²) >= 11 is 0. The molecule has 2 aliphatic heterocycles. The number of aliphatic carboxylic acids is 1. The molecule has 1 aliphatic carbocycles. The van der Waals surface area contributed by atoms with E-state index < -0.39 is 47.5 Å². The number of carboxylic acid groups (broad SMARTS) is 1. The van der Waals surface area contributed by atoms with E-state index in [1.165, 1.54) is 4.90 Å². The van der Waals surface area contributed by atoms with Crippen molar-refractivity contribution in [1.82, 2.24) is 20.2 Å². The minimum Gasteiger partial charge on any atom is -0.497 e. The Balaban J connectivity index is 1.51. The van der Waals surface area contributed by atoms with Gasteiger partial charge in [-0.05, 0) is 49.1 Å². The lowest BCUT2D eigenvalue weighted by atomic mass is 9.85. The molecule has 11 nitrogen and oxygen atoms in total. The summed E-state index contributed by atoms with van der Waals surface area (Å²) < 4.78 is 17.4. The molecule has 6 atom stereocenters. The Hall–Kier alpha value is -3.63. The van der Waals surface area contributed by atoms with Crippen LogP contribution in [-0.4, -0.2) is 75.9 Å². The number of benzene rings is 1. The fourth-order valence-electron chi connectivity index (χ4n) is 5.92. The van der Waals surface area contributed by atoms with Gasteiger partial charge in [-0.2, -0.15) is 0 Å². The number of ether oxygens (including phenoxy) is 3. The van der Waals surface area contributed by atoms with Gasteiger partial charge in [0.1, 0.15) is 35.7 Å². The van der Waals surface area contributed by atoms with Crippen LogP contribution in [-0.2, 0) is 20.7 Å². The van der Waals surface area contributed by atoms with Gasteiger partial charge < -0.3 is 29.5 Å². The molecule has 2 amide bonds. The largest absolute Gasteiger partial charge is 0.497 e. The molecule has 3 aliphatic rings. The summed E-state index contributed by atoms with van der Waals surface area (Å²) in [6, 6.07) is 3.37. The number of aryl methyl sites for hydroxylation is 1. The lowest BCUT2D eigenvalue weighted by molar-refractivity contribution is -0.151. The highest BCUT2D eigenvalue weighted by atomic mass is 16.6. The summed E-state index contributed by atoms with van der Waals surface area (Å²) in [5.74, 6) is -0.861. The normalized spacial score (nSPS) is 29.2. The van der Waals surface area contributed by atoms with Gasteiger partial charge in [-0.1, -0.05) is 40.5 Å². The number of rotatable bonds is 2. The van der Waals surface area contributed by atoms with Crippen molar-refractivity contribution in [2.75, 3.05) is 13.7 Å².